The van der Waals surface area contributed by atoms with E-state index in [4.69, 9.17) is 4.74 Å². The van der Waals surface area contributed by atoms with E-state index in [1.165, 1.54) is 17.2 Å². The van der Waals surface area contributed by atoms with Crippen LogP contribution in [0.15, 0.2) is 73.3 Å². The minimum atomic E-state index is -1.32. The van der Waals surface area contributed by atoms with Gasteiger partial charge in [-0.15, -0.1) is 0 Å². The van der Waals surface area contributed by atoms with Crippen molar-refractivity contribution in [2.24, 2.45) is 0 Å². The number of carbonyl (C=O) groups is 2. The predicted molar refractivity (Wildman–Crippen MR) is 139 cm³/mol. The van der Waals surface area contributed by atoms with Crippen LogP contribution in [0.3, 0.4) is 0 Å². The fourth-order valence-corrected chi connectivity index (χ4v) is 4.56. The van der Waals surface area contributed by atoms with Crippen LogP contribution in [0.5, 0.6) is 0 Å². The maximum absolute atomic E-state index is 12.6. The highest BCUT2D eigenvalue weighted by atomic mass is 16.6. The van der Waals surface area contributed by atoms with E-state index in [-0.39, 0.29) is 48.2 Å². The summed E-state index contributed by atoms with van der Waals surface area (Å²) in [4.78, 5) is 37.8. The highest BCUT2D eigenvalue weighted by molar-refractivity contribution is 6.06. The number of nitrogens with one attached hydrogen (secondary N) is 2. The number of benzene rings is 2. The molecular weight excluding hydrogens is 504 g/mol. The van der Waals surface area contributed by atoms with Crippen LogP contribution >= 0.6 is 0 Å². The smallest absolute Gasteiger partial charge is 0.256 e. The first kappa shape index (κ1) is 26.4. The van der Waals surface area contributed by atoms with Crippen molar-refractivity contribution in [2.75, 3.05) is 11.9 Å². The van der Waals surface area contributed by atoms with Crippen molar-refractivity contribution in [3.63, 3.8) is 0 Å². The molecule has 0 spiro atoms. The van der Waals surface area contributed by atoms with Crippen molar-refractivity contribution in [1.29, 1.82) is 0 Å². The van der Waals surface area contributed by atoms with Crippen LogP contribution in [0.1, 0.15) is 41.0 Å². The summed E-state index contributed by atoms with van der Waals surface area (Å²) in [5.74, 6) is -0.510. The van der Waals surface area contributed by atoms with Gasteiger partial charge in [-0.3, -0.25) is 14.2 Å². The number of amides is 2. The summed E-state index contributed by atoms with van der Waals surface area (Å²) in [6.07, 6.45) is -1.66. The Labute approximate surface area is 223 Å². The summed E-state index contributed by atoms with van der Waals surface area (Å²) in [7, 11) is 0. The predicted octanol–water partition coefficient (Wildman–Crippen LogP) is 1.33. The standard InChI is InChI=1S/C27H28N6O6/c34-13-18(16-7-3-1-4-8-16)31-20(35)12-11-19-22(36)23(37)27(39-19)33-15-30-21-24(28-14-29-25(21)33)32-26(38)17-9-5-2-6-10-17/h1-10,14-15,18-19,22-23,27,34,36-37H,11-13H2,(H,31,35)(H,28,29,32,38)/t18-,19+,22+,23+,27+/m0/s1. The molecule has 2 aromatic heterocycles. The van der Waals surface area contributed by atoms with Crippen LogP contribution < -0.4 is 10.6 Å². The lowest BCUT2D eigenvalue weighted by Crippen LogP contribution is -2.34. The Morgan fingerprint density at radius 3 is 2.41 bits per heavy atom. The third-order valence-corrected chi connectivity index (χ3v) is 6.61. The molecule has 1 aliphatic rings. The van der Waals surface area contributed by atoms with E-state index in [2.05, 4.69) is 25.6 Å². The molecule has 0 saturated carbocycles. The number of ether oxygens (including phenoxy) is 1. The van der Waals surface area contributed by atoms with Gasteiger partial charge in [0.2, 0.25) is 5.91 Å². The zero-order valence-corrected chi connectivity index (χ0v) is 20.8. The van der Waals surface area contributed by atoms with E-state index >= 15 is 0 Å². The van der Waals surface area contributed by atoms with Gasteiger partial charge < -0.3 is 30.7 Å². The lowest BCUT2D eigenvalue weighted by atomic mass is 10.0. The van der Waals surface area contributed by atoms with Gasteiger partial charge in [-0.25, -0.2) is 15.0 Å². The first-order valence-electron chi connectivity index (χ1n) is 12.5. The number of rotatable bonds is 9. The quantitative estimate of drug-likeness (QED) is 0.213. The molecule has 1 fully saturated rings. The molecule has 5 atom stereocenters. The number of aliphatic hydroxyl groups excluding tert-OH is 3. The zero-order chi connectivity index (χ0) is 27.4. The highest BCUT2D eigenvalue weighted by Gasteiger charge is 2.44. The van der Waals surface area contributed by atoms with E-state index in [0.29, 0.717) is 5.56 Å². The molecule has 1 saturated heterocycles. The van der Waals surface area contributed by atoms with Gasteiger partial charge in [-0.2, -0.15) is 0 Å². The number of aliphatic hydroxyl groups is 3. The van der Waals surface area contributed by atoms with Gasteiger partial charge in [0.15, 0.2) is 23.2 Å². The molecule has 12 nitrogen and oxygen atoms in total. The number of nitrogens with zero attached hydrogens (tertiary/aromatic N) is 4. The molecular formula is C27H28N6O6. The molecule has 202 valence electrons. The average Bonchev–Trinajstić information content (AvgIpc) is 3.52. The number of carbonyl (C=O) groups excluding carboxylic acids is 2. The fourth-order valence-electron chi connectivity index (χ4n) is 4.56. The molecule has 0 aliphatic carbocycles. The Morgan fingerprint density at radius 1 is 0.974 bits per heavy atom. The largest absolute Gasteiger partial charge is 0.394 e. The van der Waals surface area contributed by atoms with Crippen LogP contribution in [-0.2, 0) is 9.53 Å². The third-order valence-electron chi connectivity index (χ3n) is 6.61. The Hall–Kier alpha value is -4.23. The molecule has 3 heterocycles. The maximum Gasteiger partial charge on any atom is 0.256 e. The Kier molecular flexibility index (Phi) is 7.89. The number of hydrogen-bond acceptors (Lipinski definition) is 9. The second-order valence-corrected chi connectivity index (χ2v) is 9.16. The first-order valence-corrected chi connectivity index (χ1v) is 12.5. The molecule has 1 aliphatic heterocycles. The number of anilines is 1. The third kappa shape index (κ3) is 5.64. The summed E-state index contributed by atoms with van der Waals surface area (Å²) in [5.41, 5.74) is 1.79. The molecule has 0 bridgehead atoms. The van der Waals surface area contributed by atoms with Gasteiger partial charge >= 0.3 is 0 Å². The van der Waals surface area contributed by atoms with Crippen molar-refractivity contribution in [3.05, 3.63) is 84.4 Å². The number of hydrogen-bond donors (Lipinski definition) is 5. The first-order chi connectivity index (χ1) is 19.0. The average molecular weight is 533 g/mol. The monoisotopic (exact) mass is 532 g/mol. The molecule has 0 radical (unpaired) electrons. The minimum absolute atomic E-state index is 0.00696. The molecule has 0 unspecified atom stereocenters. The Bertz CT molecular complexity index is 1430. The van der Waals surface area contributed by atoms with E-state index in [0.717, 1.165) is 5.56 Å². The number of aromatic nitrogens is 4. The summed E-state index contributed by atoms with van der Waals surface area (Å²) in [6.45, 7) is -0.261. The van der Waals surface area contributed by atoms with Crippen molar-refractivity contribution >= 4 is 28.8 Å². The van der Waals surface area contributed by atoms with Crippen molar-refractivity contribution in [3.8, 4) is 0 Å². The lowest BCUT2D eigenvalue weighted by molar-refractivity contribution is -0.123. The van der Waals surface area contributed by atoms with Crippen LogP contribution in [-0.4, -0.2) is 71.6 Å². The SMILES string of the molecule is O=C(CC[C@H]1O[C@@H](n2cnc3c(NC(=O)c4ccccc4)ncnc32)[C@H](O)[C@@H]1O)N[C@@H](CO)c1ccccc1. The van der Waals surface area contributed by atoms with Gasteiger partial charge in [0.05, 0.1) is 25.1 Å². The van der Waals surface area contributed by atoms with E-state index in [9.17, 15) is 24.9 Å². The van der Waals surface area contributed by atoms with Gasteiger partial charge in [0.1, 0.15) is 18.5 Å². The Morgan fingerprint density at radius 2 is 1.69 bits per heavy atom. The maximum atomic E-state index is 12.6. The fraction of sp³-hybridized carbons (Fsp3) is 0.296. The summed E-state index contributed by atoms with van der Waals surface area (Å²) in [5, 5.41) is 36.6. The van der Waals surface area contributed by atoms with E-state index < -0.39 is 30.6 Å². The molecule has 12 heteroatoms. The van der Waals surface area contributed by atoms with Crippen molar-refractivity contribution in [2.45, 2.75) is 43.4 Å². The second-order valence-electron chi connectivity index (χ2n) is 9.16. The zero-order valence-electron chi connectivity index (χ0n) is 20.8. The second kappa shape index (κ2) is 11.7. The Balaban J connectivity index is 1.25. The molecule has 2 aromatic carbocycles. The molecule has 2 amide bonds. The van der Waals surface area contributed by atoms with E-state index in [1.54, 1.807) is 30.3 Å². The van der Waals surface area contributed by atoms with Gasteiger partial charge in [0, 0.05) is 12.0 Å². The van der Waals surface area contributed by atoms with Gasteiger partial charge in [-0.05, 0) is 24.1 Å². The van der Waals surface area contributed by atoms with Gasteiger partial charge in [-0.1, -0.05) is 48.5 Å². The molecule has 5 rings (SSSR count). The minimum Gasteiger partial charge on any atom is -0.394 e. The lowest BCUT2D eigenvalue weighted by Gasteiger charge is -2.18. The molecule has 4 aromatic rings. The summed E-state index contributed by atoms with van der Waals surface area (Å²) >= 11 is 0. The van der Waals surface area contributed by atoms with Crippen LogP contribution in [0.4, 0.5) is 5.82 Å². The van der Waals surface area contributed by atoms with Crippen LogP contribution in [0.2, 0.25) is 0 Å². The topological polar surface area (TPSA) is 172 Å². The highest BCUT2D eigenvalue weighted by Crippen LogP contribution is 2.34. The van der Waals surface area contributed by atoms with Crippen LogP contribution in [0, 0.1) is 0 Å². The normalized spacial score (nSPS) is 21.5. The summed E-state index contributed by atoms with van der Waals surface area (Å²) < 4.78 is 7.40. The van der Waals surface area contributed by atoms with Crippen LogP contribution in [0.25, 0.3) is 11.2 Å². The van der Waals surface area contributed by atoms with E-state index in [1.807, 2.05) is 30.3 Å². The van der Waals surface area contributed by atoms with Gasteiger partial charge in [0.25, 0.3) is 5.91 Å². The molecule has 39 heavy (non-hydrogen) atoms. The number of fused-ring (bicyclic) bond motifs is 1. The summed E-state index contributed by atoms with van der Waals surface area (Å²) in [6, 6.07) is 17.2. The van der Waals surface area contributed by atoms with Crippen molar-refractivity contribution in [1.82, 2.24) is 24.8 Å². The number of imidazole rings is 1. The van der Waals surface area contributed by atoms with Crippen molar-refractivity contribution < 1.29 is 29.6 Å². The molecule has 5 N–H and O–H groups in total.